The molecule has 0 bridgehead atoms. The summed E-state index contributed by atoms with van der Waals surface area (Å²) in [5, 5.41) is 4.97. The van der Waals surface area contributed by atoms with Crippen LogP contribution in [0.2, 0.25) is 5.02 Å². The second-order valence-corrected chi connectivity index (χ2v) is 5.91. The van der Waals surface area contributed by atoms with Crippen LogP contribution in [0.15, 0.2) is 30.6 Å². The maximum atomic E-state index is 6.42. The van der Waals surface area contributed by atoms with Crippen molar-refractivity contribution in [2.45, 2.75) is 32.4 Å². The average Bonchev–Trinajstić information content (AvgIpc) is 2.83. The lowest BCUT2D eigenvalue weighted by atomic mass is 10.0. The Hall–Kier alpha value is -1.52. The average molecular weight is 307 g/mol. The lowest BCUT2D eigenvalue weighted by Crippen LogP contribution is -2.24. The van der Waals surface area contributed by atoms with Gasteiger partial charge in [0.05, 0.1) is 16.9 Å². The fourth-order valence-electron chi connectivity index (χ4n) is 2.49. The molecule has 1 aromatic heterocycles. The van der Waals surface area contributed by atoms with Crippen LogP contribution in [-0.4, -0.2) is 22.9 Å². The lowest BCUT2D eigenvalue weighted by Gasteiger charge is -2.24. The van der Waals surface area contributed by atoms with E-state index < -0.39 is 0 Å². The number of para-hydroxylation sites is 1. The van der Waals surface area contributed by atoms with Gasteiger partial charge >= 0.3 is 0 Å². The van der Waals surface area contributed by atoms with Crippen molar-refractivity contribution < 1.29 is 0 Å². The fraction of sp³-hybridized carbons (Fsp3) is 0.438. The topological polar surface area (TPSA) is 47.1 Å². The number of benzene rings is 1. The molecule has 4 nitrogen and oxygen atoms in total. The molecule has 1 atom stereocenters. The Labute approximate surface area is 131 Å². The number of hydrogen-bond acceptors (Lipinski definition) is 3. The largest absolute Gasteiger partial charge is 0.369 e. The highest BCUT2D eigenvalue weighted by atomic mass is 35.5. The first-order valence-electron chi connectivity index (χ1n) is 7.23. The highest BCUT2D eigenvalue weighted by molar-refractivity contribution is 6.33. The Morgan fingerprint density at radius 1 is 1.43 bits per heavy atom. The first-order chi connectivity index (χ1) is 10.0. The van der Waals surface area contributed by atoms with Crippen LogP contribution in [0.5, 0.6) is 0 Å². The van der Waals surface area contributed by atoms with Crippen molar-refractivity contribution in [3.63, 3.8) is 0 Å². The summed E-state index contributed by atoms with van der Waals surface area (Å²) in [6.45, 7) is 2.88. The van der Waals surface area contributed by atoms with Crippen molar-refractivity contribution in [1.82, 2.24) is 9.78 Å². The van der Waals surface area contributed by atoms with Crippen molar-refractivity contribution in [3.8, 4) is 0 Å². The molecule has 2 N–H and O–H groups in total. The Kier molecular flexibility index (Phi) is 5.26. The first-order valence-corrected chi connectivity index (χ1v) is 7.60. The third-order valence-corrected chi connectivity index (χ3v) is 3.94. The summed E-state index contributed by atoms with van der Waals surface area (Å²) in [7, 11) is 3.97. The maximum absolute atomic E-state index is 6.42. The van der Waals surface area contributed by atoms with E-state index >= 15 is 0 Å². The molecule has 2 aromatic rings. The second-order valence-electron chi connectivity index (χ2n) is 5.50. The molecule has 0 aliphatic carbocycles. The summed E-state index contributed by atoms with van der Waals surface area (Å²) in [4.78, 5) is 2.16. The van der Waals surface area contributed by atoms with E-state index in [0.29, 0.717) is 0 Å². The third kappa shape index (κ3) is 3.99. The van der Waals surface area contributed by atoms with Gasteiger partial charge in [0.15, 0.2) is 0 Å². The van der Waals surface area contributed by atoms with Crippen LogP contribution in [0.3, 0.4) is 0 Å². The van der Waals surface area contributed by atoms with Gasteiger partial charge in [-0.3, -0.25) is 4.68 Å². The van der Waals surface area contributed by atoms with Gasteiger partial charge in [-0.1, -0.05) is 30.7 Å². The quantitative estimate of drug-likeness (QED) is 0.892. The normalized spacial score (nSPS) is 12.4. The third-order valence-electron chi connectivity index (χ3n) is 3.64. The van der Waals surface area contributed by atoms with E-state index in [1.165, 1.54) is 5.56 Å². The zero-order valence-corrected chi connectivity index (χ0v) is 13.6. The first kappa shape index (κ1) is 15.9. The highest BCUT2D eigenvalue weighted by Gasteiger charge is 2.14. The molecule has 0 spiro atoms. The number of anilines is 1. The van der Waals surface area contributed by atoms with Crippen LogP contribution in [0.1, 0.15) is 24.5 Å². The molecule has 0 saturated heterocycles. The highest BCUT2D eigenvalue weighted by Crippen LogP contribution is 2.31. The number of hydrogen-bond donors (Lipinski definition) is 1. The van der Waals surface area contributed by atoms with Gasteiger partial charge in [-0.2, -0.15) is 5.10 Å². The summed E-state index contributed by atoms with van der Waals surface area (Å²) >= 11 is 6.42. The van der Waals surface area contributed by atoms with E-state index in [2.05, 4.69) is 30.0 Å². The Bertz CT molecular complexity index is 594. The number of aryl methyl sites for hydroxylation is 1. The summed E-state index contributed by atoms with van der Waals surface area (Å²) in [5.74, 6) is 0. The van der Waals surface area contributed by atoms with Gasteiger partial charge in [0.25, 0.3) is 0 Å². The van der Waals surface area contributed by atoms with E-state index in [1.54, 1.807) is 0 Å². The van der Waals surface area contributed by atoms with Crippen LogP contribution in [0.25, 0.3) is 0 Å². The monoisotopic (exact) mass is 306 g/mol. The Morgan fingerprint density at radius 2 is 2.19 bits per heavy atom. The molecule has 114 valence electrons. The number of aromatic nitrogens is 2. The minimum absolute atomic E-state index is 0.161. The fourth-order valence-corrected chi connectivity index (χ4v) is 2.82. The molecule has 1 aromatic carbocycles. The predicted molar refractivity (Wildman–Crippen MR) is 88.7 cm³/mol. The molecule has 1 heterocycles. The molecular weight excluding hydrogens is 284 g/mol. The van der Waals surface area contributed by atoms with E-state index in [1.807, 2.05) is 36.3 Å². The molecule has 2 rings (SSSR count). The van der Waals surface area contributed by atoms with Gasteiger partial charge in [-0.15, -0.1) is 0 Å². The van der Waals surface area contributed by atoms with Crippen molar-refractivity contribution in [2.75, 3.05) is 11.9 Å². The number of rotatable bonds is 6. The van der Waals surface area contributed by atoms with E-state index in [0.717, 1.165) is 35.7 Å². The molecule has 0 fully saturated rings. The van der Waals surface area contributed by atoms with Gasteiger partial charge in [0.1, 0.15) is 0 Å². The summed E-state index contributed by atoms with van der Waals surface area (Å²) in [6, 6.07) is 6.18. The molecule has 21 heavy (non-hydrogen) atoms. The summed E-state index contributed by atoms with van der Waals surface area (Å²) in [5.41, 5.74) is 9.52. The van der Waals surface area contributed by atoms with Crippen molar-refractivity contribution in [2.24, 2.45) is 12.8 Å². The molecule has 0 aliphatic heterocycles. The molecule has 1 unspecified atom stereocenters. The smallest absolute Gasteiger partial charge is 0.0642 e. The van der Waals surface area contributed by atoms with Crippen LogP contribution < -0.4 is 10.6 Å². The molecule has 5 heteroatoms. The standard InChI is InChI=1S/C16H23ClN4/c1-4-14(18)8-13-6-5-7-15(17)16(13)20(2)10-12-9-19-21(3)11-12/h5-7,9,11,14H,4,8,10,18H2,1-3H3. The van der Waals surface area contributed by atoms with Crippen LogP contribution in [-0.2, 0) is 20.0 Å². The lowest BCUT2D eigenvalue weighted by molar-refractivity contribution is 0.645. The zero-order chi connectivity index (χ0) is 15.4. The zero-order valence-electron chi connectivity index (χ0n) is 12.9. The van der Waals surface area contributed by atoms with E-state index in [4.69, 9.17) is 17.3 Å². The van der Waals surface area contributed by atoms with Gasteiger partial charge in [-0.05, 0) is 24.5 Å². The van der Waals surface area contributed by atoms with Gasteiger partial charge in [0, 0.05) is 38.4 Å². The Balaban J connectivity index is 2.24. The number of halogens is 1. The van der Waals surface area contributed by atoms with Crippen LogP contribution >= 0.6 is 11.6 Å². The van der Waals surface area contributed by atoms with Crippen molar-refractivity contribution in [1.29, 1.82) is 0 Å². The van der Waals surface area contributed by atoms with E-state index in [9.17, 15) is 0 Å². The summed E-state index contributed by atoms with van der Waals surface area (Å²) in [6.07, 6.45) is 5.69. The summed E-state index contributed by atoms with van der Waals surface area (Å²) < 4.78 is 1.81. The van der Waals surface area contributed by atoms with Gasteiger partial charge in [-0.25, -0.2) is 0 Å². The number of nitrogens with zero attached hydrogens (tertiary/aromatic N) is 3. The Morgan fingerprint density at radius 3 is 2.81 bits per heavy atom. The van der Waals surface area contributed by atoms with Crippen LogP contribution in [0, 0.1) is 0 Å². The van der Waals surface area contributed by atoms with Crippen molar-refractivity contribution in [3.05, 3.63) is 46.7 Å². The SMILES string of the molecule is CCC(N)Cc1cccc(Cl)c1N(C)Cc1cnn(C)c1. The van der Waals surface area contributed by atoms with Gasteiger partial charge in [0.2, 0.25) is 0 Å². The van der Waals surface area contributed by atoms with E-state index in [-0.39, 0.29) is 6.04 Å². The minimum atomic E-state index is 0.161. The molecule has 0 amide bonds. The molecule has 0 radical (unpaired) electrons. The van der Waals surface area contributed by atoms with Crippen molar-refractivity contribution >= 4 is 17.3 Å². The molecule has 0 saturated carbocycles. The minimum Gasteiger partial charge on any atom is -0.369 e. The predicted octanol–water partition coefficient (Wildman–Crippen LogP) is 2.99. The second kappa shape index (κ2) is 6.96. The molecular formula is C16H23ClN4. The molecule has 0 aliphatic rings. The maximum Gasteiger partial charge on any atom is 0.0642 e. The van der Waals surface area contributed by atoms with Crippen LogP contribution in [0.4, 0.5) is 5.69 Å². The number of nitrogens with two attached hydrogens (primary N) is 1. The van der Waals surface area contributed by atoms with Gasteiger partial charge < -0.3 is 10.6 Å².